The lowest BCUT2D eigenvalue weighted by Crippen LogP contribution is -2.57. The topological polar surface area (TPSA) is 205 Å². The molecule has 3 unspecified atom stereocenters. The Morgan fingerprint density at radius 3 is 0.977 bits per heavy atom. The summed E-state index contributed by atoms with van der Waals surface area (Å²) in [6.45, 7) is 33.7. The highest BCUT2D eigenvalue weighted by Gasteiger charge is 2.39. The molecule has 4 heterocycles. The first kappa shape index (κ1) is 133. The van der Waals surface area contributed by atoms with Gasteiger partial charge in [-0.2, -0.15) is 87.4 Å². The van der Waals surface area contributed by atoms with Crippen LogP contribution < -0.4 is 5.32 Å². The Labute approximate surface area is 769 Å². The molecule has 0 aliphatic carbocycles. The third kappa shape index (κ3) is 48.6. The van der Waals surface area contributed by atoms with E-state index < -0.39 is 107 Å². The van der Waals surface area contributed by atoms with Crippen LogP contribution in [0.2, 0.25) is 20.5 Å². The quantitative estimate of drug-likeness (QED) is 0.0165. The predicted octanol–water partition coefficient (Wildman–Crippen LogP) is 20.1. The molecule has 4 fully saturated rings. The van der Waals surface area contributed by atoms with E-state index in [1.807, 2.05) is 16.4 Å². The number of hydrogen-bond donors (Lipinski definition) is 5. The zero-order valence-electron chi connectivity index (χ0n) is 72.5. The second-order valence-corrected chi connectivity index (χ2v) is 31.0. The number of piperazine rings is 3. The lowest BCUT2D eigenvalue weighted by molar-refractivity contribution is -0.138. The van der Waals surface area contributed by atoms with Gasteiger partial charge in [0.15, 0.2) is 0 Å². The summed E-state index contributed by atoms with van der Waals surface area (Å²) in [5, 5.41) is 41.4. The largest absolute Gasteiger partial charge is 0.437 e. The molecule has 0 aromatic heterocycles. The normalized spacial score (nSPS) is 17.5. The molecule has 4 aliphatic heterocycles. The van der Waals surface area contributed by atoms with Gasteiger partial charge >= 0.3 is 58.2 Å². The molecular formula is C89H140B4F18N7O12S. The highest BCUT2D eigenvalue weighted by atomic mass is 32.2. The first-order chi connectivity index (χ1) is 57.7. The van der Waals surface area contributed by atoms with Crippen LogP contribution in [-0.4, -0.2) is 252 Å². The van der Waals surface area contributed by atoms with Crippen LogP contribution in [0.5, 0.6) is 0 Å². The second-order valence-electron chi connectivity index (χ2n) is 29.4. The third-order valence-corrected chi connectivity index (χ3v) is 20.6. The van der Waals surface area contributed by atoms with Crippen LogP contribution in [0.25, 0.3) is 6.08 Å². The fraction of sp³-hybridized carbons (Fsp3) is 0.573. The minimum Gasteiger partial charge on any atom is -0.437 e. The van der Waals surface area contributed by atoms with Crippen molar-refractivity contribution in [1.29, 1.82) is 0 Å². The second kappa shape index (κ2) is 62.9. The highest BCUT2D eigenvalue weighted by molar-refractivity contribution is 7.86. The van der Waals surface area contributed by atoms with E-state index in [4.69, 9.17) is 23.1 Å². The first-order valence-corrected chi connectivity index (χ1v) is 41.6. The average Bonchev–Trinajstić information content (AvgIpc) is 1.77. The van der Waals surface area contributed by atoms with E-state index in [9.17, 15) is 108 Å². The van der Waals surface area contributed by atoms with E-state index in [0.29, 0.717) is 68.7 Å². The van der Waals surface area contributed by atoms with Crippen molar-refractivity contribution in [2.24, 2.45) is 0 Å². The van der Waals surface area contributed by atoms with Crippen molar-refractivity contribution in [2.75, 3.05) is 146 Å². The summed E-state index contributed by atoms with van der Waals surface area (Å²) < 4.78 is 274. The molecule has 0 amide bonds. The van der Waals surface area contributed by atoms with Crippen LogP contribution in [-0.2, 0) is 75.0 Å². The summed E-state index contributed by atoms with van der Waals surface area (Å²) in [4.78, 5) is 12.9. The standard InChI is InChI=1S/2C16H24BF3N2O2.C11H13F3O4S.C10H11F3O2.C9H7F3O.C9H7F3.C6H15BN2O.C6H15N.6CH4.B/c2*1-12-10-21(17(2)23)8-9-22(12)15(11-24-3)13-4-6-14(7-5-13)16(18,19)20;1-17-7-10(18-19(2,15)16)8-3-5-9(6-4-8)11(12,13)14;1-15-6-9(14)7-2-4-8(5-3-7)10(11,12)13;10-9(11,12)7-3-1-6(2-4-7)8-5-13-8;1-2-7-3-5-8(6-4-7)9(10,11)12;1-6-5-9(7(2)10)4-3-8-6;1-4-7(5-2)6-3;;;;;;;/h2*4-7,12,15,23H,8-11H2,1-3H3;3-6,10H,7H2,1-2H3;2-5,9,14H,6H2,1H3;1-4,8H,5H2;2-6H,1H2;6,8,10H,3-5H2,1-2H3;4-6H2,1-3H3;6*1H4;/t12-,15+;12-,15-;;;;;6-;;;;;;;;/m00....0......../s1. The van der Waals surface area contributed by atoms with Gasteiger partial charge < -0.3 is 68.5 Å². The number of benzene rings is 6. The van der Waals surface area contributed by atoms with Gasteiger partial charge in [-0.15, -0.1) is 0 Å². The number of hydrogen-bond acceptors (Lipinski definition) is 19. The number of alkyl halides is 18. The van der Waals surface area contributed by atoms with Gasteiger partial charge in [-0.1, -0.05) is 151 Å². The van der Waals surface area contributed by atoms with E-state index in [1.165, 1.54) is 101 Å². The van der Waals surface area contributed by atoms with Gasteiger partial charge in [0.05, 0.1) is 84.8 Å². The Hall–Kier alpha value is -6.67. The van der Waals surface area contributed by atoms with Crippen molar-refractivity contribution in [3.63, 3.8) is 0 Å². The zero-order valence-corrected chi connectivity index (χ0v) is 73.4. The van der Waals surface area contributed by atoms with Crippen molar-refractivity contribution in [2.45, 2.75) is 192 Å². The lowest BCUT2D eigenvalue weighted by atomic mass is 9.83. The SMILES string of the molecule is C.C.C.C.C.C.C=Cc1ccc(C(F)(F)F)cc1.CB(O)N1CCN[C@@H](C)C1.CCN(CC)CC.COCC(O)c1ccc(C(F)(F)F)cc1.COCC(OS(C)(=O)=O)c1ccc(C(F)(F)F)cc1.COC[C@@H](c1ccc(C(F)(F)F)cc1)N1CCN(B(C)O)C[C@@H]1C.COC[C@H](c1ccc(C(F)(F)F)cc1)N1CCN(B(C)O)C[C@@H]1C.FC(F)(F)c1ccc(C2CO2)cc1.[B]. The van der Waals surface area contributed by atoms with Gasteiger partial charge in [0.2, 0.25) is 0 Å². The molecule has 747 valence electrons. The molecule has 10 rings (SSSR count). The maximum Gasteiger partial charge on any atom is 0.416 e. The van der Waals surface area contributed by atoms with E-state index in [2.05, 4.69) is 77.7 Å². The number of nitrogens with one attached hydrogen (secondary N) is 1. The molecule has 19 nitrogen and oxygen atoms in total. The van der Waals surface area contributed by atoms with Gasteiger partial charge in [0.1, 0.15) is 18.3 Å². The number of aliphatic hydroxyl groups excluding tert-OH is 1. The fourth-order valence-corrected chi connectivity index (χ4v) is 13.5. The minimum absolute atomic E-state index is 0. The lowest BCUT2D eigenvalue weighted by Gasteiger charge is -2.44. The molecule has 0 saturated carbocycles. The van der Waals surface area contributed by atoms with Crippen molar-refractivity contribution in [3.8, 4) is 0 Å². The Bertz CT molecular complexity index is 3960. The van der Waals surface area contributed by atoms with E-state index in [-0.39, 0.29) is 104 Å². The van der Waals surface area contributed by atoms with Crippen molar-refractivity contribution in [3.05, 3.63) is 219 Å². The van der Waals surface area contributed by atoms with Gasteiger partial charge in [0, 0.05) is 114 Å². The molecule has 4 aliphatic rings. The maximum atomic E-state index is 12.7. The Morgan fingerprint density at radius 1 is 0.458 bits per heavy atom. The van der Waals surface area contributed by atoms with Gasteiger partial charge in [0.25, 0.3) is 10.1 Å². The van der Waals surface area contributed by atoms with Crippen LogP contribution in [0.4, 0.5) is 79.0 Å². The van der Waals surface area contributed by atoms with Gasteiger partial charge in [-0.25, -0.2) is 0 Å². The summed E-state index contributed by atoms with van der Waals surface area (Å²) in [6.07, 6.45) is -25.4. The number of halogens is 18. The summed E-state index contributed by atoms with van der Waals surface area (Å²) in [5.41, 5.74) is -0.262. The number of nitrogens with zero attached hydrogens (tertiary/aromatic N) is 6. The summed E-state index contributed by atoms with van der Waals surface area (Å²) in [5.74, 6) is 0. The van der Waals surface area contributed by atoms with Crippen LogP contribution in [0, 0.1) is 0 Å². The average molecular weight is 1920 g/mol. The van der Waals surface area contributed by atoms with E-state index in [1.54, 1.807) is 27.9 Å². The number of methoxy groups -OCH3 is 4. The smallest absolute Gasteiger partial charge is 0.416 e. The molecule has 4 saturated heterocycles. The van der Waals surface area contributed by atoms with Gasteiger partial charge in [-0.3, -0.25) is 14.0 Å². The molecule has 42 heteroatoms. The fourth-order valence-electron chi connectivity index (χ4n) is 13.0. The maximum absolute atomic E-state index is 12.7. The molecule has 0 spiro atoms. The predicted molar refractivity (Wildman–Crippen MR) is 490 cm³/mol. The third-order valence-electron chi connectivity index (χ3n) is 20.0. The van der Waals surface area contributed by atoms with E-state index in [0.717, 1.165) is 141 Å². The monoisotopic (exact) mass is 1920 g/mol. The van der Waals surface area contributed by atoms with Crippen molar-refractivity contribution < 1.29 is 135 Å². The Kier molecular flexibility index (Phi) is 63.7. The number of epoxide rings is 1. The molecule has 131 heavy (non-hydrogen) atoms. The molecule has 5 N–H and O–H groups in total. The zero-order chi connectivity index (χ0) is 93.9. The van der Waals surface area contributed by atoms with Crippen molar-refractivity contribution >= 4 is 45.8 Å². The number of ether oxygens (including phenoxy) is 5. The molecule has 3 radical (unpaired) electrons. The molecule has 8 atom stereocenters. The number of rotatable bonds is 24. The van der Waals surface area contributed by atoms with E-state index >= 15 is 0 Å². The van der Waals surface area contributed by atoms with Crippen LogP contribution in [0.1, 0.15) is 183 Å². The highest BCUT2D eigenvalue weighted by Crippen LogP contribution is 2.38. The first-order valence-electron chi connectivity index (χ1n) is 39.7. The summed E-state index contributed by atoms with van der Waals surface area (Å²) >= 11 is 0. The van der Waals surface area contributed by atoms with Crippen LogP contribution >= 0.6 is 0 Å². The van der Waals surface area contributed by atoms with Crippen molar-refractivity contribution in [1.82, 2.24) is 34.4 Å². The molecule has 6 aromatic rings. The number of aliphatic hydroxyl groups is 1. The molecule has 0 bridgehead atoms. The summed E-state index contributed by atoms with van der Waals surface area (Å²) in [7, 11) is 0.909. The van der Waals surface area contributed by atoms with Crippen LogP contribution in [0.3, 0.4) is 0 Å². The summed E-state index contributed by atoms with van der Waals surface area (Å²) in [6, 6.07) is 29.6. The minimum atomic E-state index is -4.44. The van der Waals surface area contributed by atoms with Crippen LogP contribution in [0.15, 0.2) is 152 Å². The molecule has 6 aromatic carbocycles. The molecular weight excluding hydrogens is 1780 g/mol. The Balaban J connectivity index is -0.000000469. The van der Waals surface area contributed by atoms with Gasteiger partial charge in [-0.05, 0) is 167 Å². The Morgan fingerprint density at radius 2 is 0.740 bits per heavy atom.